The van der Waals surface area contributed by atoms with E-state index in [1.54, 1.807) is 0 Å². The molecule has 16 heavy (non-hydrogen) atoms. The molecule has 0 bridgehead atoms. The summed E-state index contributed by atoms with van der Waals surface area (Å²) in [6.07, 6.45) is 0.870. The molecular weight excluding hydrogens is 203 g/mol. The normalized spacial score (nSPS) is 40.2. The number of rotatable bonds is 1. The van der Waals surface area contributed by atoms with Crippen LogP contribution in [-0.4, -0.2) is 38.5 Å². The van der Waals surface area contributed by atoms with Crippen molar-refractivity contribution >= 4 is 7.85 Å². The first-order valence-electron chi connectivity index (χ1n) is 6.44. The summed E-state index contributed by atoms with van der Waals surface area (Å²) in [5, 5.41) is 0. The van der Waals surface area contributed by atoms with Crippen LogP contribution in [-0.2, 0) is 14.2 Å². The van der Waals surface area contributed by atoms with Gasteiger partial charge in [0.05, 0.1) is 6.10 Å². The second kappa shape index (κ2) is 8.10. The Balaban J connectivity index is 0.000000509. The number of hydrogen-bond donors (Lipinski definition) is 0. The van der Waals surface area contributed by atoms with E-state index in [4.69, 9.17) is 22.1 Å². The van der Waals surface area contributed by atoms with Gasteiger partial charge < -0.3 is 14.2 Å². The molecule has 5 unspecified atom stereocenters. The first-order chi connectivity index (χ1) is 7.72. The summed E-state index contributed by atoms with van der Waals surface area (Å²) in [5.41, 5.74) is 0. The molecule has 0 aliphatic carbocycles. The first-order valence-corrected chi connectivity index (χ1v) is 6.44. The van der Waals surface area contributed by atoms with Gasteiger partial charge in [-0.25, -0.2) is 0 Å². The molecule has 0 amide bonds. The second-order valence-corrected chi connectivity index (χ2v) is 3.32. The van der Waals surface area contributed by atoms with Crippen LogP contribution in [0.1, 0.15) is 48.0 Å². The lowest BCUT2D eigenvalue weighted by Gasteiger charge is -2.15. The summed E-state index contributed by atoms with van der Waals surface area (Å²) in [7, 11) is 5.72. The molecule has 2 rings (SSSR count). The van der Waals surface area contributed by atoms with Crippen LogP contribution in [0.25, 0.3) is 0 Å². The van der Waals surface area contributed by atoms with Crippen molar-refractivity contribution in [2.75, 3.05) is 0 Å². The molecule has 0 spiro atoms. The molecule has 2 aliphatic rings. The quantitative estimate of drug-likeness (QED) is 0.645. The minimum Gasteiger partial charge on any atom is -0.379 e. The Morgan fingerprint density at radius 3 is 1.94 bits per heavy atom. The maximum atomic E-state index is 5.72. The zero-order valence-electron chi connectivity index (χ0n) is 11.4. The van der Waals surface area contributed by atoms with Crippen molar-refractivity contribution in [1.82, 2.24) is 0 Å². The van der Waals surface area contributed by atoms with Crippen molar-refractivity contribution in [3.8, 4) is 0 Å². The van der Waals surface area contributed by atoms with E-state index in [-0.39, 0.29) is 30.6 Å². The molecule has 2 radical (unpaired) electrons. The lowest BCUT2D eigenvalue weighted by molar-refractivity contribution is -0.107. The fourth-order valence-corrected chi connectivity index (χ4v) is 1.88. The molecule has 0 aromatic carbocycles. The van der Waals surface area contributed by atoms with Crippen LogP contribution in [0.2, 0.25) is 0 Å². The van der Waals surface area contributed by atoms with Gasteiger partial charge in [0.15, 0.2) is 6.29 Å². The summed E-state index contributed by atoms with van der Waals surface area (Å²) in [5.74, 6) is 0. The van der Waals surface area contributed by atoms with Crippen molar-refractivity contribution in [3.63, 3.8) is 0 Å². The summed E-state index contributed by atoms with van der Waals surface area (Å²) in [4.78, 5) is 0. The fraction of sp³-hybridized carbons (Fsp3) is 1.00. The number of hydrogen-bond acceptors (Lipinski definition) is 3. The molecule has 4 heteroatoms. The van der Waals surface area contributed by atoms with Crippen molar-refractivity contribution in [2.24, 2.45) is 0 Å². The first kappa shape index (κ1) is 15.9. The van der Waals surface area contributed by atoms with E-state index in [0.29, 0.717) is 0 Å². The van der Waals surface area contributed by atoms with Crippen molar-refractivity contribution in [3.05, 3.63) is 0 Å². The third-order valence-electron chi connectivity index (χ3n) is 2.45. The predicted molar refractivity (Wildman–Crippen MR) is 66.6 cm³/mol. The van der Waals surface area contributed by atoms with Crippen molar-refractivity contribution < 1.29 is 14.2 Å². The van der Waals surface area contributed by atoms with Crippen LogP contribution in [0.3, 0.4) is 0 Å². The molecule has 3 nitrogen and oxygen atoms in total. The highest BCUT2D eigenvalue weighted by Gasteiger charge is 2.48. The molecule has 2 saturated heterocycles. The predicted octanol–water partition coefficient (Wildman–Crippen LogP) is 2.47. The molecule has 2 aliphatic heterocycles. The lowest BCUT2D eigenvalue weighted by atomic mass is 9.93. The van der Waals surface area contributed by atoms with E-state index in [1.807, 2.05) is 34.6 Å². The van der Waals surface area contributed by atoms with Crippen molar-refractivity contribution in [2.45, 2.75) is 78.6 Å². The van der Waals surface area contributed by atoms with Gasteiger partial charge in [-0.15, -0.1) is 0 Å². The van der Waals surface area contributed by atoms with E-state index >= 15 is 0 Å². The van der Waals surface area contributed by atoms with E-state index in [0.717, 1.165) is 6.42 Å². The third-order valence-corrected chi connectivity index (χ3v) is 2.45. The topological polar surface area (TPSA) is 27.7 Å². The molecule has 0 aromatic rings. The molecule has 0 aromatic heterocycles. The van der Waals surface area contributed by atoms with Gasteiger partial charge in [0, 0.05) is 6.00 Å². The minimum atomic E-state index is -0.315. The van der Waals surface area contributed by atoms with Gasteiger partial charge in [-0.2, -0.15) is 0 Å². The molecular formula is C12H25BO3. The average Bonchev–Trinajstić information content (AvgIpc) is 2.84. The molecule has 2 heterocycles. The van der Waals surface area contributed by atoms with Crippen LogP contribution < -0.4 is 0 Å². The maximum Gasteiger partial charge on any atom is 0.156 e. The van der Waals surface area contributed by atoms with Crippen LogP contribution >= 0.6 is 0 Å². The van der Waals surface area contributed by atoms with Gasteiger partial charge in [-0.05, 0) is 13.3 Å². The summed E-state index contributed by atoms with van der Waals surface area (Å²) >= 11 is 0. The van der Waals surface area contributed by atoms with Gasteiger partial charge in [0.1, 0.15) is 20.1 Å². The van der Waals surface area contributed by atoms with Crippen LogP contribution in [0.4, 0.5) is 0 Å². The Bertz CT molecular complexity index is 178. The van der Waals surface area contributed by atoms with E-state index in [9.17, 15) is 0 Å². The van der Waals surface area contributed by atoms with E-state index in [1.165, 1.54) is 0 Å². The van der Waals surface area contributed by atoms with E-state index in [2.05, 4.69) is 6.92 Å². The maximum absolute atomic E-state index is 5.72. The molecule has 0 saturated carbocycles. The minimum absolute atomic E-state index is 0.0417. The zero-order valence-corrected chi connectivity index (χ0v) is 11.4. The Morgan fingerprint density at radius 1 is 0.938 bits per heavy atom. The van der Waals surface area contributed by atoms with E-state index < -0.39 is 0 Å². The highest BCUT2D eigenvalue weighted by atomic mass is 16.8. The van der Waals surface area contributed by atoms with Crippen molar-refractivity contribution in [1.29, 1.82) is 0 Å². The standard InChI is InChI=1S/C8H13BO3.2C2H6/c1-3-5-6-7(8(9)12-5)11-4(2)10-6;2*1-2/h4-8H,3H2,1-2H3;2*1-2H3. The molecule has 2 fully saturated rings. The third kappa shape index (κ3) is 3.47. The smallest absolute Gasteiger partial charge is 0.156 e. The summed E-state index contributed by atoms with van der Waals surface area (Å²) < 4.78 is 16.4. The number of ether oxygens (including phenoxy) is 3. The highest BCUT2D eigenvalue weighted by molar-refractivity contribution is 6.11. The summed E-state index contributed by atoms with van der Waals surface area (Å²) in [6, 6.07) is -0.315. The Morgan fingerprint density at radius 2 is 1.44 bits per heavy atom. The average molecular weight is 228 g/mol. The Labute approximate surface area is 101 Å². The molecule has 94 valence electrons. The lowest BCUT2D eigenvalue weighted by Crippen LogP contribution is -2.29. The van der Waals surface area contributed by atoms with Gasteiger partial charge in [-0.3, -0.25) is 0 Å². The Kier molecular flexibility index (Phi) is 8.07. The SMILES string of the molecule is CC.CC.[B]C1OC(CC)C2OC(C)OC12. The zero-order chi connectivity index (χ0) is 12.7. The Hall–Kier alpha value is -0.0551. The number of fused-ring (bicyclic) bond motifs is 1. The second-order valence-electron chi connectivity index (χ2n) is 3.32. The van der Waals surface area contributed by atoms with Gasteiger partial charge in [0.25, 0.3) is 0 Å². The fourth-order valence-electron chi connectivity index (χ4n) is 1.88. The van der Waals surface area contributed by atoms with Crippen LogP contribution in [0.5, 0.6) is 0 Å². The highest BCUT2D eigenvalue weighted by Crippen LogP contribution is 2.33. The van der Waals surface area contributed by atoms with Gasteiger partial charge in [-0.1, -0.05) is 34.6 Å². The van der Waals surface area contributed by atoms with Gasteiger partial charge in [0.2, 0.25) is 0 Å². The van der Waals surface area contributed by atoms with Gasteiger partial charge >= 0.3 is 0 Å². The molecule has 5 atom stereocenters. The van der Waals surface area contributed by atoms with Crippen LogP contribution in [0, 0.1) is 0 Å². The monoisotopic (exact) mass is 228 g/mol. The molecule has 0 N–H and O–H groups in total. The van der Waals surface area contributed by atoms with Crippen LogP contribution in [0.15, 0.2) is 0 Å². The summed E-state index contributed by atoms with van der Waals surface area (Å²) in [6.45, 7) is 11.9. The largest absolute Gasteiger partial charge is 0.379 e.